The van der Waals surface area contributed by atoms with E-state index in [0.717, 1.165) is 29.8 Å². The van der Waals surface area contributed by atoms with E-state index in [1.54, 1.807) is 0 Å². The highest BCUT2D eigenvalue weighted by Gasteiger charge is 2.29. The van der Waals surface area contributed by atoms with Crippen molar-refractivity contribution in [2.75, 3.05) is 10.6 Å². The van der Waals surface area contributed by atoms with Crippen LogP contribution in [0.15, 0.2) is 54.6 Å². The fraction of sp³-hybridized carbons (Fsp3) is 0.300. The molecular formula is C20H23N3O2. The van der Waals surface area contributed by atoms with E-state index in [9.17, 15) is 9.59 Å². The molecule has 0 spiro atoms. The second-order valence-electron chi connectivity index (χ2n) is 6.41. The Kier molecular flexibility index (Phi) is 5.33. The smallest absolute Gasteiger partial charge is 0.242 e. The van der Waals surface area contributed by atoms with E-state index in [2.05, 4.69) is 16.0 Å². The molecule has 1 aliphatic carbocycles. The maximum atomic E-state index is 12.2. The highest BCUT2D eigenvalue weighted by atomic mass is 16.2. The van der Waals surface area contributed by atoms with Gasteiger partial charge >= 0.3 is 0 Å². The lowest BCUT2D eigenvalue weighted by Crippen LogP contribution is -2.37. The Morgan fingerprint density at radius 3 is 2.28 bits per heavy atom. The van der Waals surface area contributed by atoms with E-state index in [1.165, 1.54) is 0 Å². The lowest BCUT2D eigenvalue weighted by molar-refractivity contribution is -0.121. The topological polar surface area (TPSA) is 70.2 Å². The van der Waals surface area contributed by atoms with Crippen LogP contribution in [0, 0.1) is 5.92 Å². The van der Waals surface area contributed by atoms with E-state index in [4.69, 9.17) is 0 Å². The van der Waals surface area contributed by atoms with E-state index in [-0.39, 0.29) is 23.8 Å². The van der Waals surface area contributed by atoms with Crippen LogP contribution in [0.4, 0.5) is 11.4 Å². The first-order valence-corrected chi connectivity index (χ1v) is 8.61. The van der Waals surface area contributed by atoms with Gasteiger partial charge in [-0.3, -0.25) is 9.59 Å². The van der Waals surface area contributed by atoms with Gasteiger partial charge < -0.3 is 16.0 Å². The SMILES string of the molecule is CC(Nc1ccc(NC(=O)C2CC2)cc1)C(=O)NCc1ccccc1. The average Bonchev–Trinajstić information content (AvgIpc) is 3.47. The second kappa shape index (κ2) is 7.83. The molecule has 3 N–H and O–H groups in total. The van der Waals surface area contributed by atoms with Crippen LogP contribution < -0.4 is 16.0 Å². The maximum Gasteiger partial charge on any atom is 0.242 e. The zero-order valence-corrected chi connectivity index (χ0v) is 14.3. The summed E-state index contributed by atoms with van der Waals surface area (Å²) in [6, 6.07) is 16.9. The molecule has 0 aromatic heterocycles. The number of rotatable bonds is 7. The normalized spacial score (nSPS) is 14.4. The van der Waals surface area contributed by atoms with Gasteiger partial charge in [-0.25, -0.2) is 0 Å². The molecule has 0 radical (unpaired) electrons. The molecule has 0 bridgehead atoms. The molecule has 1 atom stereocenters. The average molecular weight is 337 g/mol. The van der Waals surface area contributed by atoms with Gasteiger partial charge in [0.2, 0.25) is 11.8 Å². The monoisotopic (exact) mass is 337 g/mol. The van der Waals surface area contributed by atoms with Gasteiger partial charge in [-0.1, -0.05) is 30.3 Å². The molecule has 1 saturated carbocycles. The third kappa shape index (κ3) is 5.08. The Labute approximate surface area is 147 Å². The summed E-state index contributed by atoms with van der Waals surface area (Å²) in [6.45, 7) is 2.33. The van der Waals surface area contributed by atoms with E-state index >= 15 is 0 Å². The molecule has 0 saturated heterocycles. The zero-order chi connectivity index (χ0) is 17.6. The van der Waals surface area contributed by atoms with Crippen molar-refractivity contribution < 1.29 is 9.59 Å². The minimum absolute atomic E-state index is 0.0602. The number of amides is 2. The van der Waals surface area contributed by atoms with Crippen molar-refractivity contribution in [2.24, 2.45) is 5.92 Å². The molecule has 5 nitrogen and oxygen atoms in total. The fourth-order valence-electron chi connectivity index (χ4n) is 2.49. The number of carbonyl (C=O) groups is 2. The van der Waals surface area contributed by atoms with Crippen molar-refractivity contribution >= 4 is 23.2 Å². The number of nitrogens with one attached hydrogen (secondary N) is 3. The van der Waals surface area contributed by atoms with Crippen LogP contribution in [0.2, 0.25) is 0 Å². The first kappa shape index (κ1) is 17.0. The third-order valence-electron chi connectivity index (χ3n) is 4.19. The predicted molar refractivity (Wildman–Crippen MR) is 99.2 cm³/mol. The largest absolute Gasteiger partial charge is 0.374 e. The molecular weight excluding hydrogens is 314 g/mol. The van der Waals surface area contributed by atoms with Crippen molar-refractivity contribution in [2.45, 2.75) is 32.4 Å². The highest BCUT2D eigenvalue weighted by molar-refractivity contribution is 5.94. The molecule has 1 unspecified atom stereocenters. The van der Waals surface area contributed by atoms with Gasteiger partial charge in [0.05, 0.1) is 0 Å². The lowest BCUT2D eigenvalue weighted by atomic mass is 10.2. The summed E-state index contributed by atoms with van der Waals surface area (Å²) >= 11 is 0. The Morgan fingerprint density at radius 1 is 1.00 bits per heavy atom. The summed E-state index contributed by atoms with van der Waals surface area (Å²) in [5.41, 5.74) is 2.69. The molecule has 3 rings (SSSR count). The summed E-state index contributed by atoms with van der Waals surface area (Å²) < 4.78 is 0. The van der Waals surface area contributed by atoms with Gasteiger partial charge in [-0.15, -0.1) is 0 Å². The van der Waals surface area contributed by atoms with Crippen molar-refractivity contribution in [3.63, 3.8) is 0 Å². The number of hydrogen-bond donors (Lipinski definition) is 3. The minimum atomic E-state index is -0.351. The number of hydrogen-bond acceptors (Lipinski definition) is 3. The number of anilines is 2. The van der Waals surface area contributed by atoms with Crippen LogP contribution >= 0.6 is 0 Å². The summed E-state index contributed by atoms with van der Waals surface area (Å²) in [5, 5.41) is 8.99. The Morgan fingerprint density at radius 2 is 1.64 bits per heavy atom. The fourth-order valence-corrected chi connectivity index (χ4v) is 2.49. The van der Waals surface area contributed by atoms with Gasteiger partial charge in [0.15, 0.2) is 0 Å². The first-order valence-electron chi connectivity index (χ1n) is 8.61. The quantitative estimate of drug-likeness (QED) is 0.727. The van der Waals surface area contributed by atoms with Gasteiger partial charge in [0.1, 0.15) is 6.04 Å². The minimum Gasteiger partial charge on any atom is -0.374 e. The zero-order valence-electron chi connectivity index (χ0n) is 14.3. The molecule has 2 amide bonds. The molecule has 2 aromatic rings. The molecule has 0 aliphatic heterocycles. The summed E-state index contributed by atoms with van der Waals surface area (Å²) in [7, 11) is 0. The van der Waals surface area contributed by atoms with Crippen LogP contribution in [0.5, 0.6) is 0 Å². The lowest BCUT2D eigenvalue weighted by Gasteiger charge is -2.16. The molecule has 130 valence electrons. The Bertz CT molecular complexity index is 724. The molecule has 1 fully saturated rings. The van der Waals surface area contributed by atoms with E-state index in [0.29, 0.717) is 6.54 Å². The predicted octanol–water partition coefficient (Wildman–Crippen LogP) is 3.15. The van der Waals surface area contributed by atoms with Crippen LogP contribution in [-0.4, -0.2) is 17.9 Å². The van der Waals surface area contributed by atoms with Gasteiger partial charge in [-0.2, -0.15) is 0 Å². The van der Waals surface area contributed by atoms with E-state index < -0.39 is 0 Å². The molecule has 25 heavy (non-hydrogen) atoms. The molecule has 1 aliphatic rings. The Hall–Kier alpha value is -2.82. The summed E-state index contributed by atoms with van der Waals surface area (Å²) in [5.74, 6) is 0.218. The summed E-state index contributed by atoms with van der Waals surface area (Å²) in [6.07, 6.45) is 1.97. The number of benzene rings is 2. The maximum absolute atomic E-state index is 12.2. The van der Waals surface area contributed by atoms with Crippen LogP contribution in [-0.2, 0) is 16.1 Å². The first-order chi connectivity index (χ1) is 12.1. The molecule has 0 heterocycles. The van der Waals surface area contributed by atoms with Crippen molar-refractivity contribution in [3.05, 3.63) is 60.2 Å². The van der Waals surface area contributed by atoms with Crippen LogP contribution in [0.3, 0.4) is 0 Å². The van der Waals surface area contributed by atoms with Crippen molar-refractivity contribution in [1.82, 2.24) is 5.32 Å². The third-order valence-corrected chi connectivity index (χ3v) is 4.19. The Balaban J connectivity index is 1.47. The standard InChI is InChI=1S/C20H23N3O2/c1-14(19(24)21-13-15-5-3-2-4-6-15)22-17-9-11-18(12-10-17)23-20(25)16-7-8-16/h2-6,9-12,14,16,22H,7-8,13H2,1H3,(H,21,24)(H,23,25). The van der Waals surface area contributed by atoms with Gasteiger partial charge in [-0.05, 0) is 49.6 Å². The molecule has 2 aromatic carbocycles. The second-order valence-corrected chi connectivity index (χ2v) is 6.41. The summed E-state index contributed by atoms with van der Waals surface area (Å²) in [4.78, 5) is 23.9. The van der Waals surface area contributed by atoms with Crippen LogP contribution in [0.1, 0.15) is 25.3 Å². The van der Waals surface area contributed by atoms with E-state index in [1.807, 2.05) is 61.5 Å². The van der Waals surface area contributed by atoms with Gasteiger partial charge in [0, 0.05) is 23.8 Å². The molecule has 5 heteroatoms. The van der Waals surface area contributed by atoms with Gasteiger partial charge in [0.25, 0.3) is 0 Å². The number of carbonyl (C=O) groups excluding carboxylic acids is 2. The van der Waals surface area contributed by atoms with Crippen LogP contribution in [0.25, 0.3) is 0 Å². The van der Waals surface area contributed by atoms with Crippen molar-refractivity contribution in [1.29, 1.82) is 0 Å². The van der Waals surface area contributed by atoms with Crippen molar-refractivity contribution in [3.8, 4) is 0 Å². The highest BCUT2D eigenvalue weighted by Crippen LogP contribution is 2.30.